The summed E-state index contributed by atoms with van der Waals surface area (Å²) in [6.45, 7) is 1.32. The quantitative estimate of drug-likeness (QED) is 0.795. The first-order valence-corrected chi connectivity index (χ1v) is 7.84. The monoisotopic (exact) mass is 303 g/mol. The highest BCUT2D eigenvalue weighted by Crippen LogP contribution is 2.28. The minimum absolute atomic E-state index is 0.000671. The van der Waals surface area contributed by atoms with Gasteiger partial charge in [0.2, 0.25) is 5.03 Å². The number of aromatic nitrogens is 1. The highest BCUT2D eigenvalue weighted by atomic mass is 32.2. The second kappa shape index (κ2) is 4.23. The van der Waals surface area contributed by atoms with Gasteiger partial charge in [0.15, 0.2) is 0 Å². The first kappa shape index (κ1) is 13.9. The van der Waals surface area contributed by atoms with Gasteiger partial charge in [0.25, 0.3) is 10.1 Å². The lowest BCUT2D eigenvalue weighted by molar-refractivity contribution is 0.462. The van der Waals surface area contributed by atoms with Crippen LogP contribution in [0.2, 0.25) is 0 Å². The van der Waals surface area contributed by atoms with Gasteiger partial charge < -0.3 is 0 Å². The average Bonchev–Trinajstić information content (AvgIpc) is 2.26. The molecule has 2 rings (SSSR count). The Kier molecular flexibility index (Phi) is 3.09. The molecule has 2 aromatic rings. The van der Waals surface area contributed by atoms with E-state index in [4.69, 9.17) is 9.11 Å². The number of rotatable bonds is 2. The van der Waals surface area contributed by atoms with Gasteiger partial charge in [-0.25, -0.2) is 4.98 Å². The van der Waals surface area contributed by atoms with Gasteiger partial charge in [0.1, 0.15) is 4.90 Å². The molecule has 0 spiro atoms. The SMILES string of the molecule is Cc1c(S(=O)(=O)O)c(S(=O)(=O)O)nc2ccccc12. The summed E-state index contributed by atoms with van der Waals surface area (Å²) in [6.07, 6.45) is 0. The molecule has 0 aliphatic heterocycles. The molecule has 0 aliphatic rings. The van der Waals surface area contributed by atoms with Crippen molar-refractivity contribution in [2.24, 2.45) is 0 Å². The molecule has 1 aromatic carbocycles. The van der Waals surface area contributed by atoms with Gasteiger partial charge in [-0.05, 0) is 18.6 Å². The number of benzene rings is 1. The predicted octanol–water partition coefficient (Wildman–Crippen LogP) is 1.04. The maximum Gasteiger partial charge on any atom is 0.313 e. The lowest BCUT2D eigenvalue weighted by Crippen LogP contribution is -2.13. The number of pyridine rings is 1. The maximum absolute atomic E-state index is 11.3. The number of nitrogens with zero attached hydrogens (tertiary/aromatic N) is 1. The summed E-state index contributed by atoms with van der Waals surface area (Å²) in [5, 5.41) is -0.714. The average molecular weight is 303 g/mol. The van der Waals surface area contributed by atoms with Crippen molar-refractivity contribution in [2.75, 3.05) is 0 Å². The van der Waals surface area contributed by atoms with Gasteiger partial charge in [-0.1, -0.05) is 18.2 Å². The molecule has 0 aliphatic carbocycles. The van der Waals surface area contributed by atoms with Gasteiger partial charge in [-0.2, -0.15) is 16.8 Å². The van der Waals surface area contributed by atoms with Crippen molar-refractivity contribution >= 4 is 31.1 Å². The Morgan fingerprint density at radius 1 is 1.00 bits per heavy atom. The van der Waals surface area contributed by atoms with E-state index in [9.17, 15) is 16.8 Å². The maximum atomic E-state index is 11.3. The summed E-state index contributed by atoms with van der Waals surface area (Å²) in [6, 6.07) is 6.18. The van der Waals surface area contributed by atoms with Crippen molar-refractivity contribution in [3.8, 4) is 0 Å². The van der Waals surface area contributed by atoms with Crippen LogP contribution in [0.15, 0.2) is 34.2 Å². The summed E-state index contributed by atoms with van der Waals surface area (Å²) < 4.78 is 63.2. The molecule has 0 fully saturated rings. The second-order valence-electron chi connectivity index (χ2n) is 3.84. The van der Waals surface area contributed by atoms with E-state index in [1.807, 2.05) is 0 Å². The fourth-order valence-electron chi connectivity index (χ4n) is 1.81. The smallest absolute Gasteiger partial charge is 0.282 e. The fraction of sp³-hybridized carbons (Fsp3) is 0.100. The van der Waals surface area contributed by atoms with Crippen LogP contribution in [0, 0.1) is 6.92 Å². The molecule has 0 unspecified atom stereocenters. The Morgan fingerprint density at radius 3 is 2.11 bits per heavy atom. The van der Waals surface area contributed by atoms with Crippen LogP contribution in [0.5, 0.6) is 0 Å². The third kappa shape index (κ3) is 2.45. The van der Waals surface area contributed by atoms with Gasteiger partial charge in [-0.15, -0.1) is 0 Å². The van der Waals surface area contributed by atoms with E-state index in [1.54, 1.807) is 12.1 Å². The molecule has 1 heterocycles. The Labute approximate surface area is 109 Å². The van der Waals surface area contributed by atoms with Crippen LogP contribution >= 0.6 is 0 Å². The van der Waals surface area contributed by atoms with Crippen molar-refractivity contribution < 1.29 is 25.9 Å². The first-order chi connectivity index (χ1) is 8.62. The van der Waals surface area contributed by atoms with Gasteiger partial charge >= 0.3 is 10.1 Å². The molecule has 7 nitrogen and oxygen atoms in total. The van der Waals surface area contributed by atoms with E-state index in [2.05, 4.69) is 4.98 Å². The first-order valence-electron chi connectivity index (χ1n) is 4.96. The Hall–Kier alpha value is -1.55. The molecular weight excluding hydrogens is 294 g/mol. The van der Waals surface area contributed by atoms with E-state index in [1.165, 1.54) is 19.1 Å². The minimum Gasteiger partial charge on any atom is -0.282 e. The zero-order chi connectivity index (χ0) is 14.4. The van der Waals surface area contributed by atoms with E-state index in [0.29, 0.717) is 5.39 Å². The molecule has 102 valence electrons. The Morgan fingerprint density at radius 2 is 1.58 bits per heavy atom. The molecule has 19 heavy (non-hydrogen) atoms. The Balaban J connectivity index is 3.11. The molecule has 0 bridgehead atoms. The number of para-hydroxylation sites is 1. The standard InChI is InChI=1S/C10H9NO6S2/c1-6-7-4-2-3-5-8(7)11-10(19(15,16)17)9(6)18(12,13)14/h2-5H,1H3,(H,12,13,14)(H,15,16,17). The molecule has 0 atom stereocenters. The van der Waals surface area contributed by atoms with Crippen LogP contribution in [-0.2, 0) is 20.2 Å². The zero-order valence-electron chi connectivity index (χ0n) is 9.60. The summed E-state index contributed by atoms with van der Waals surface area (Å²) in [5.41, 5.74) is 0.195. The number of hydrogen-bond donors (Lipinski definition) is 2. The van der Waals surface area contributed by atoms with Gasteiger partial charge in [0, 0.05) is 5.39 Å². The second-order valence-corrected chi connectivity index (χ2v) is 6.53. The van der Waals surface area contributed by atoms with Crippen LogP contribution in [-0.4, -0.2) is 30.9 Å². The third-order valence-corrected chi connectivity index (χ3v) is 4.50. The van der Waals surface area contributed by atoms with Crippen molar-refractivity contribution in [2.45, 2.75) is 16.8 Å². The topological polar surface area (TPSA) is 122 Å². The van der Waals surface area contributed by atoms with Crippen LogP contribution in [0.1, 0.15) is 5.56 Å². The molecule has 0 saturated carbocycles. The summed E-state index contributed by atoms with van der Waals surface area (Å²) in [5.74, 6) is 0. The minimum atomic E-state index is -4.88. The van der Waals surface area contributed by atoms with Gasteiger partial charge in [0.05, 0.1) is 5.52 Å². The number of fused-ring (bicyclic) bond motifs is 1. The molecular formula is C10H9NO6S2. The fourth-order valence-corrected chi connectivity index (χ4v) is 3.81. The van der Waals surface area contributed by atoms with Crippen LogP contribution in [0.4, 0.5) is 0 Å². The van der Waals surface area contributed by atoms with Crippen molar-refractivity contribution in [1.82, 2.24) is 4.98 Å². The van der Waals surface area contributed by atoms with Crippen molar-refractivity contribution in [3.63, 3.8) is 0 Å². The highest BCUT2D eigenvalue weighted by molar-refractivity contribution is 7.89. The van der Waals surface area contributed by atoms with Crippen molar-refractivity contribution in [1.29, 1.82) is 0 Å². The van der Waals surface area contributed by atoms with E-state index in [0.717, 1.165) is 0 Å². The summed E-state index contributed by atoms with van der Waals surface area (Å²) >= 11 is 0. The molecule has 0 amide bonds. The molecule has 0 saturated heterocycles. The Bertz CT molecular complexity index is 870. The zero-order valence-corrected chi connectivity index (χ0v) is 11.2. The van der Waals surface area contributed by atoms with E-state index >= 15 is 0 Å². The number of hydrogen-bond acceptors (Lipinski definition) is 5. The van der Waals surface area contributed by atoms with Crippen LogP contribution < -0.4 is 0 Å². The normalized spacial score (nSPS) is 12.8. The summed E-state index contributed by atoms with van der Waals surface area (Å²) in [7, 11) is -9.72. The van der Waals surface area contributed by atoms with E-state index in [-0.39, 0.29) is 11.1 Å². The predicted molar refractivity (Wildman–Crippen MR) is 66.1 cm³/mol. The molecule has 2 N–H and O–H groups in total. The summed E-state index contributed by atoms with van der Waals surface area (Å²) in [4.78, 5) is 2.69. The van der Waals surface area contributed by atoms with Crippen LogP contribution in [0.3, 0.4) is 0 Å². The lowest BCUT2D eigenvalue weighted by atomic mass is 10.1. The molecule has 1 aromatic heterocycles. The highest BCUT2D eigenvalue weighted by Gasteiger charge is 2.29. The van der Waals surface area contributed by atoms with E-state index < -0.39 is 30.2 Å². The number of aryl methyl sites for hydroxylation is 1. The third-order valence-electron chi connectivity index (χ3n) is 2.57. The van der Waals surface area contributed by atoms with Crippen LogP contribution in [0.25, 0.3) is 10.9 Å². The molecule has 0 radical (unpaired) electrons. The van der Waals surface area contributed by atoms with Gasteiger partial charge in [-0.3, -0.25) is 9.11 Å². The van der Waals surface area contributed by atoms with Crippen molar-refractivity contribution in [3.05, 3.63) is 29.8 Å². The molecule has 9 heteroatoms. The largest absolute Gasteiger partial charge is 0.313 e. The lowest BCUT2D eigenvalue weighted by Gasteiger charge is -2.10.